The fraction of sp³-hybridized carbons (Fsp3) is 0.571. The molecule has 3 nitrogen and oxygen atoms in total. The predicted molar refractivity (Wildman–Crippen MR) is 80.6 cm³/mol. The number of hydrogen-bond acceptors (Lipinski definition) is 2. The average Bonchev–Trinajstić information content (AvgIpc) is 2.33. The van der Waals surface area contributed by atoms with Crippen molar-refractivity contribution in [3.63, 3.8) is 0 Å². The molecule has 1 rings (SSSR count). The van der Waals surface area contributed by atoms with Crippen LogP contribution >= 0.6 is 0 Å². The van der Waals surface area contributed by atoms with Crippen LogP contribution in [0.1, 0.15) is 57.4 Å². The van der Waals surface area contributed by atoms with Crippen LogP contribution in [0, 0.1) is 0 Å². The summed E-state index contributed by atoms with van der Waals surface area (Å²) in [6.45, 7) is 4.34. The predicted octanol–water partition coefficient (Wildman–Crippen LogP) is 3.36. The Hall–Kier alpha value is 0.130. The molecule has 0 aliphatic heterocycles. The van der Waals surface area contributed by atoms with Crippen molar-refractivity contribution in [2.45, 2.75) is 56.8 Å². The maximum atomic E-state index is 10.9. The molecule has 0 bridgehead atoms. The van der Waals surface area contributed by atoms with E-state index >= 15 is 0 Å². The molecule has 1 N–H and O–H groups in total. The van der Waals surface area contributed by atoms with Gasteiger partial charge in [0.05, 0.1) is 4.90 Å². The monoisotopic (exact) mass is 294 g/mol. The minimum absolute atomic E-state index is 0. The normalized spacial score (nSPS) is 12.8. The molecule has 5 heteroatoms. The van der Waals surface area contributed by atoms with E-state index < -0.39 is 10.1 Å². The topological polar surface area (TPSA) is 54.4 Å². The Labute approximate surface area is 138 Å². The first kappa shape index (κ1) is 19.1. The Morgan fingerprint density at radius 2 is 1.68 bits per heavy atom. The van der Waals surface area contributed by atoms with E-state index in [0.29, 0.717) is 5.92 Å². The summed E-state index contributed by atoms with van der Waals surface area (Å²) >= 11 is 0. The Bertz CT molecular complexity index is 454. The summed E-state index contributed by atoms with van der Waals surface area (Å²) < 4.78 is 30.7. The molecule has 0 fully saturated rings. The number of hydrogen-bond donors (Lipinski definition) is 1. The van der Waals surface area contributed by atoms with E-state index in [0.717, 1.165) is 12.0 Å². The molecule has 0 heterocycles. The fourth-order valence-electron chi connectivity index (χ4n) is 2.01. The number of rotatable bonds is 7. The van der Waals surface area contributed by atoms with Crippen LogP contribution < -0.4 is 0 Å². The van der Waals surface area contributed by atoms with Crippen molar-refractivity contribution in [1.82, 2.24) is 0 Å². The standard InChI is InChI=1S/C14H22O3S.Na.H/c1-3-4-5-6-7-12(2)13-8-10-14(11-9-13)18(15,16)17;;/h8-12H,3-7H2,1-2H3,(H,15,16,17);;. The van der Waals surface area contributed by atoms with E-state index in [4.69, 9.17) is 4.55 Å². The van der Waals surface area contributed by atoms with Crippen molar-refractivity contribution in [3.05, 3.63) is 29.8 Å². The molecule has 0 aliphatic rings. The molecular formula is C14H23NaO3S. The molecule has 0 amide bonds. The van der Waals surface area contributed by atoms with Gasteiger partial charge in [-0.3, -0.25) is 4.55 Å². The van der Waals surface area contributed by atoms with Crippen molar-refractivity contribution < 1.29 is 13.0 Å². The Morgan fingerprint density at radius 3 is 2.16 bits per heavy atom. The van der Waals surface area contributed by atoms with Gasteiger partial charge < -0.3 is 0 Å². The number of benzene rings is 1. The zero-order chi connectivity index (χ0) is 13.6. The molecular weight excluding hydrogens is 271 g/mol. The van der Waals surface area contributed by atoms with E-state index in [1.165, 1.54) is 37.8 Å². The molecule has 1 atom stereocenters. The van der Waals surface area contributed by atoms with Crippen LogP contribution in [0.2, 0.25) is 0 Å². The summed E-state index contributed by atoms with van der Waals surface area (Å²) in [6, 6.07) is 6.50. The van der Waals surface area contributed by atoms with Crippen LogP contribution in [0.25, 0.3) is 0 Å². The molecule has 104 valence electrons. The van der Waals surface area contributed by atoms with Gasteiger partial charge in [0.1, 0.15) is 0 Å². The van der Waals surface area contributed by atoms with Gasteiger partial charge in [0.25, 0.3) is 10.1 Å². The second kappa shape index (κ2) is 9.14. The van der Waals surface area contributed by atoms with Crippen molar-refractivity contribution in [1.29, 1.82) is 0 Å². The maximum absolute atomic E-state index is 10.9. The van der Waals surface area contributed by atoms with E-state index in [9.17, 15) is 8.42 Å². The van der Waals surface area contributed by atoms with Gasteiger partial charge in [-0.05, 0) is 30.0 Å². The zero-order valence-corrected chi connectivity index (χ0v) is 11.9. The van der Waals surface area contributed by atoms with Crippen LogP contribution in [-0.4, -0.2) is 42.5 Å². The van der Waals surface area contributed by atoms with Crippen LogP contribution in [-0.2, 0) is 10.1 Å². The van der Waals surface area contributed by atoms with Gasteiger partial charge >= 0.3 is 29.6 Å². The SMILES string of the molecule is CCCCCCC(C)c1ccc(S(=O)(=O)O)cc1.[NaH]. The molecule has 0 saturated heterocycles. The molecule has 19 heavy (non-hydrogen) atoms. The zero-order valence-electron chi connectivity index (χ0n) is 11.1. The first-order valence-corrected chi connectivity index (χ1v) is 7.96. The first-order valence-electron chi connectivity index (χ1n) is 6.52. The van der Waals surface area contributed by atoms with Gasteiger partial charge in [-0.25, -0.2) is 0 Å². The Morgan fingerprint density at radius 1 is 1.11 bits per heavy atom. The third kappa shape index (κ3) is 6.91. The minimum atomic E-state index is -4.07. The summed E-state index contributed by atoms with van der Waals surface area (Å²) in [5, 5.41) is 0. The molecule has 0 aliphatic carbocycles. The van der Waals surface area contributed by atoms with Crippen LogP contribution in [0.3, 0.4) is 0 Å². The van der Waals surface area contributed by atoms with Crippen molar-refractivity contribution in [2.24, 2.45) is 0 Å². The second-order valence-electron chi connectivity index (χ2n) is 4.79. The van der Waals surface area contributed by atoms with E-state index in [2.05, 4.69) is 13.8 Å². The van der Waals surface area contributed by atoms with Gasteiger partial charge in [0.2, 0.25) is 0 Å². The molecule has 0 aromatic heterocycles. The van der Waals surface area contributed by atoms with Gasteiger partial charge in [0.15, 0.2) is 0 Å². The summed E-state index contributed by atoms with van der Waals surface area (Å²) in [7, 11) is -4.07. The van der Waals surface area contributed by atoms with Gasteiger partial charge in [-0.1, -0.05) is 51.7 Å². The van der Waals surface area contributed by atoms with Gasteiger partial charge in [-0.2, -0.15) is 8.42 Å². The van der Waals surface area contributed by atoms with Gasteiger partial charge in [0, 0.05) is 0 Å². The quantitative estimate of drug-likeness (QED) is 0.476. The van der Waals surface area contributed by atoms with Crippen molar-refractivity contribution >= 4 is 39.7 Å². The fourth-order valence-corrected chi connectivity index (χ4v) is 2.49. The second-order valence-corrected chi connectivity index (χ2v) is 6.22. The van der Waals surface area contributed by atoms with Crippen molar-refractivity contribution in [3.8, 4) is 0 Å². The molecule has 0 radical (unpaired) electrons. The third-order valence-electron chi connectivity index (χ3n) is 3.24. The molecule has 0 saturated carbocycles. The molecule has 1 aromatic carbocycles. The molecule has 1 unspecified atom stereocenters. The third-order valence-corrected chi connectivity index (χ3v) is 4.11. The van der Waals surface area contributed by atoms with Crippen LogP contribution in [0.5, 0.6) is 0 Å². The van der Waals surface area contributed by atoms with Gasteiger partial charge in [-0.15, -0.1) is 0 Å². The summed E-state index contributed by atoms with van der Waals surface area (Å²) in [4.78, 5) is -0.0376. The average molecular weight is 294 g/mol. The van der Waals surface area contributed by atoms with E-state index in [-0.39, 0.29) is 34.5 Å². The molecule has 0 spiro atoms. The van der Waals surface area contributed by atoms with E-state index in [1.807, 2.05) is 0 Å². The summed E-state index contributed by atoms with van der Waals surface area (Å²) in [6.07, 6.45) is 6.08. The summed E-state index contributed by atoms with van der Waals surface area (Å²) in [5.74, 6) is 0.428. The van der Waals surface area contributed by atoms with E-state index in [1.54, 1.807) is 12.1 Å². The first-order chi connectivity index (χ1) is 8.45. The van der Waals surface area contributed by atoms with Crippen LogP contribution in [0.4, 0.5) is 0 Å². The summed E-state index contributed by atoms with van der Waals surface area (Å²) in [5.41, 5.74) is 1.12. The van der Waals surface area contributed by atoms with Crippen LogP contribution in [0.15, 0.2) is 29.2 Å². The van der Waals surface area contributed by atoms with Crippen molar-refractivity contribution in [2.75, 3.05) is 0 Å². The Balaban J connectivity index is 0.00000324. The number of unbranched alkanes of at least 4 members (excludes halogenated alkanes) is 3. The molecule has 1 aromatic rings. The Kier molecular flexibility index (Phi) is 9.20.